The van der Waals surface area contributed by atoms with Gasteiger partial charge in [0.05, 0.1) is 6.61 Å². The molecule has 0 aromatic heterocycles. The van der Waals surface area contributed by atoms with Crippen molar-refractivity contribution >= 4 is 5.96 Å². The van der Waals surface area contributed by atoms with Gasteiger partial charge in [-0.2, -0.15) is 0 Å². The molecule has 0 aliphatic carbocycles. The highest BCUT2D eigenvalue weighted by Gasteiger charge is 2.18. The molecule has 98 valence electrons. The second-order valence-electron chi connectivity index (χ2n) is 4.41. The highest BCUT2D eigenvalue weighted by molar-refractivity contribution is 5.80. The summed E-state index contributed by atoms with van der Waals surface area (Å²) >= 11 is 0. The van der Waals surface area contributed by atoms with Gasteiger partial charge in [0.2, 0.25) is 0 Å². The fourth-order valence-electron chi connectivity index (χ4n) is 2.27. The van der Waals surface area contributed by atoms with E-state index in [1.165, 1.54) is 11.1 Å². The minimum absolute atomic E-state index is 0.698. The molecule has 1 N–H and O–H groups in total. The quantitative estimate of drug-likeness (QED) is 0.496. The van der Waals surface area contributed by atoms with E-state index >= 15 is 0 Å². The van der Waals surface area contributed by atoms with Gasteiger partial charge in [0.15, 0.2) is 5.96 Å². The Hall–Kier alpha value is -1.55. The van der Waals surface area contributed by atoms with Crippen LogP contribution in [0.1, 0.15) is 11.1 Å². The fourth-order valence-corrected chi connectivity index (χ4v) is 2.27. The summed E-state index contributed by atoms with van der Waals surface area (Å²) in [7, 11) is 3.54. The van der Waals surface area contributed by atoms with Gasteiger partial charge in [0.1, 0.15) is 0 Å². The maximum atomic E-state index is 5.04. The molecule has 0 saturated carbocycles. The van der Waals surface area contributed by atoms with E-state index in [-0.39, 0.29) is 0 Å². The summed E-state index contributed by atoms with van der Waals surface area (Å²) in [6.07, 6.45) is 1.08. The lowest BCUT2D eigenvalue weighted by atomic mass is 10.0. The van der Waals surface area contributed by atoms with Crippen LogP contribution >= 0.6 is 0 Å². The number of benzene rings is 1. The number of aliphatic imine (C=N–C) groups is 1. The molecule has 0 unspecified atom stereocenters. The number of nitrogens with one attached hydrogen (secondary N) is 1. The smallest absolute Gasteiger partial charge is 0.194 e. The van der Waals surface area contributed by atoms with Gasteiger partial charge in [-0.25, -0.2) is 0 Å². The number of hydrogen-bond acceptors (Lipinski definition) is 2. The summed E-state index contributed by atoms with van der Waals surface area (Å²) in [5.41, 5.74) is 2.86. The van der Waals surface area contributed by atoms with E-state index in [0.717, 1.165) is 32.0 Å². The molecule has 0 spiro atoms. The first kappa shape index (κ1) is 12.9. The van der Waals surface area contributed by atoms with E-state index in [0.29, 0.717) is 6.61 Å². The molecule has 1 aliphatic rings. The molecule has 4 heteroatoms. The van der Waals surface area contributed by atoms with Crippen LogP contribution in [0.15, 0.2) is 29.3 Å². The summed E-state index contributed by atoms with van der Waals surface area (Å²) in [6, 6.07) is 8.63. The molecule has 4 nitrogen and oxygen atoms in total. The number of hydrogen-bond donors (Lipinski definition) is 1. The highest BCUT2D eigenvalue weighted by Crippen LogP contribution is 2.18. The number of fused-ring (bicyclic) bond motifs is 1. The van der Waals surface area contributed by atoms with Crippen LogP contribution in [-0.4, -0.2) is 44.7 Å². The van der Waals surface area contributed by atoms with E-state index in [2.05, 4.69) is 39.5 Å². The topological polar surface area (TPSA) is 36.9 Å². The third-order valence-corrected chi connectivity index (χ3v) is 3.23. The monoisotopic (exact) mass is 247 g/mol. The molecule has 0 atom stereocenters. The standard InChI is InChI=1S/C14H21N3O/c1-15-14(16-8-10-18-2)17-9-7-12-5-3-4-6-13(12)11-17/h3-6H,7-11H2,1-2H3,(H,15,16). The van der Waals surface area contributed by atoms with E-state index in [1.54, 1.807) is 7.11 Å². The average molecular weight is 247 g/mol. The van der Waals surface area contributed by atoms with E-state index in [9.17, 15) is 0 Å². The molecule has 0 amide bonds. The van der Waals surface area contributed by atoms with Crippen molar-refractivity contribution in [2.24, 2.45) is 4.99 Å². The highest BCUT2D eigenvalue weighted by atomic mass is 16.5. The maximum absolute atomic E-state index is 5.04. The lowest BCUT2D eigenvalue weighted by Gasteiger charge is -2.31. The summed E-state index contributed by atoms with van der Waals surface area (Å²) in [6.45, 7) is 3.44. The van der Waals surface area contributed by atoms with Crippen LogP contribution in [0.2, 0.25) is 0 Å². The second kappa shape index (κ2) is 6.40. The van der Waals surface area contributed by atoms with Gasteiger partial charge in [0.25, 0.3) is 0 Å². The van der Waals surface area contributed by atoms with Gasteiger partial charge in [0, 0.05) is 33.8 Å². The molecule has 1 heterocycles. The molecule has 0 fully saturated rings. The van der Waals surface area contributed by atoms with E-state index in [4.69, 9.17) is 4.74 Å². The molecule has 0 radical (unpaired) electrons. The Morgan fingerprint density at radius 1 is 1.39 bits per heavy atom. The van der Waals surface area contributed by atoms with Gasteiger partial charge in [-0.3, -0.25) is 4.99 Å². The van der Waals surface area contributed by atoms with Gasteiger partial charge in [-0.05, 0) is 17.5 Å². The minimum atomic E-state index is 0.698. The predicted molar refractivity (Wildman–Crippen MR) is 73.8 cm³/mol. The van der Waals surface area contributed by atoms with Crippen molar-refractivity contribution in [1.29, 1.82) is 0 Å². The normalized spacial score (nSPS) is 15.4. The summed E-state index contributed by atoms with van der Waals surface area (Å²) in [5.74, 6) is 0.960. The van der Waals surface area contributed by atoms with Crippen molar-refractivity contribution < 1.29 is 4.74 Å². The van der Waals surface area contributed by atoms with Crippen molar-refractivity contribution in [3.8, 4) is 0 Å². The van der Waals surface area contributed by atoms with Crippen molar-refractivity contribution in [2.45, 2.75) is 13.0 Å². The molecule has 1 aromatic rings. The maximum Gasteiger partial charge on any atom is 0.194 e. The Kier molecular flexibility index (Phi) is 4.59. The fraction of sp³-hybridized carbons (Fsp3) is 0.500. The first-order chi connectivity index (χ1) is 8.85. The first-order valence-electron chi connectivity index (χ1n) is 6.36. The Morgan fingerprint density at radius 3 is 2.89 bits per heavy atom. The molecule has 1 aromatic carbocycles. The molecule has 2 rings (SSSR count). The number of rotatable bonds is 3. The van der Waals surface area contributed by atoms with Crippen LogP contribution in [-0.2, 0) is 17.7 Å². The van der Waals surface area contributed by atoms with E-state index in [1.807, 2.05) is 7.05 Å². The molecule has 18 heavy (non-hydrogen) atoms. The van der Waals surface area contributed by atoms with Gasteiger partial charge >= 0.3 is 0 Å². The van der Waals surface area contributed by atoms with Crippen LogP contribution in [0.4, 0.5) is 0 Å². The number of nitrogens with zero attached hydrogens (tertiary/aromatic N) is 2. The van der Waals surface area contributed by atoms with Crippen LogP contribution in [0.5, 0.6) is 0 Å². The van der Waals surface area contributed by atoms with Crippen molar-refractivity contribution in [1.82, 2.24) is 10.2 Å². The summed E-state index contributed by atoms with van der Waals surface area (Å²) < 4.78 is 5.04. The largest absolute Gasteiger partial charge is 0.383 e. The third-order valence-electron chi connectivity index (χ3n) is 3.23. The zero-order chi connectivity index (χ0) is 12.8. The Morgan fingerprint density at radius 2 is 2.17 bits per heavy atom. The Bertz CT molecular complexity index is 417. The van der Waals surface area contributed by atoms with Crippen LogP contribution in [0, 0.1) is 0 Å². The first-order valence-corrected chi connectivity index (χ1v) is 6.36. The Labute approximate surface area is 109 Å². The predicted octanol–water partition coefficient (Wildman–Crippen LogP) is 1.27. The van der Waals surface area contributed by atoms with Crippen molar-refractivity contribution in [3.63, 3.8) is 0 Å². The van der Waals surface area contributed by atoms with Crippen LogP contribution in [0.3, 0.4) is 0 Å². The Balaban J connectivity index is 1.98. The molecule has 0 saturated heterocycles. The van der Waals surface area contributed by atoms with E-state index < -0.39 is 0 Å². The molecular weight excluding hydrogens is 226 g/mol. The summed E-state index contributed by atoms with van der Waals surface area (Å²) in [4.78, 5) is 6.62. The zero-order valence-electron chi connectivity index (χ0n) is 11.1. The van der Waals surface area contributed by atoms with Gasteiger partial charge < -0.3 is 15.0 Å². The molecular formula is C14H21N3O. The van der Waals surface area contributed by atoms with Gasteiger partial charge in [-0.1, -0.05) is 24.3 Å². The second-order valence-corrected chi connectivity index (χ2v) is 4.41. The number of methoxy groups -OCH3 is 1. The summed E-state index contributed by atoms with van der Waals surface area (Å²) in [5, 5.41) is 3.32. The lowest BCUT2D eigenvalue weighted by molar-refractivity contribution is 0.202. The van der Waals surface area contributed by atoms with Crippen molar-refractivity contribution in [3.05, 3.63) is 35.4 Å². The zero-order valence-corrected chi connectivity index (χ0v) is 11.1. The third kappa shape index (κ3) is 3.01. The minimum Gasteiger partial charge on any atom is -0.383 e. The van der Waals surface area contributed by atoms with Gasteiger partial charge in [-0.15, -0.1) is 0 Å². The van der Waals surface area contributed by atoms with Crippen LogP contribution in [0.25, 0.3) is 0 Å². The van der Waals surface area contributed by atoms with Crippen molar-refractivity contribution in [2.75, 3.05) is 33.9 Å². The SMILES string of the molecule is CN=C(NCCOC)N1CCc2ccccc2C1. The molecule has 1 aliphatic heterocycles. The number of guanidine groups is 1. The lowest BCUT2D eigenvalue weighted by Crippen LogP contribution is -2.44. The molecule has 0 bridgehead atoms. The van der Waals surface area contributed by atoms with Crippen LogP contribution < -0.4 is 5.32 Å². The number of ether oxygens (including phenoxy) is 1. The average Bonchev–Trinajstić information content (AvgIpc) is 2.43.